The molecule has 1 saturated heterocycles. The summed E-state index contributed by atoms with van der Waals surface area (Å²) in [6.07, 6.45) is -0.258. The molecular weight excluding hydrogens is 194 g/mol. The molecule has 3 rings (SSSR count). The Hall–Kier alpha value is -1.10. The Morgan fingerprint density at radius 1 is 1.47 bits per heavy atom. The number of nitrogens with one attached hydrogen (secondary N) is 1. The van der Waals surface area contributed by atoms with Gasteiger partial charge in [0.2, 0.25) is 0 Å². The number of aliphatic hydroxyl groups is 2. The van der Waals surface area contributed by atoms with Crippen molar-refractivity contribution in [2.75, 3.05) is 11.9 Å². The summed E-state index contributed by atoms with van der Waals surface area (Å²) in [5.74, 6) is 0. The van der Waals surface area contributed by atoms with E-state index in [9.17, 15) is 5.11 Å². The summed E-state index contributed by atoms with van der Waals surface area (Å²) in [5.41, 5.74) is 0.802. The van der Waals surface area contributed by atoms with Crippen molar-refractivity contribution in [3.8, 4) is 0 Å². The number of benzene rings is 1. The molecule has 0 bridgehead atoms. The SMILES string of the molecule is OCC1CC2(O)c3ccccc3NC2O1. The van der Waals surface area contributed by atoms with E-state index in [1.54, 1.807) is 0 Å². The predicted molar refractivity (Wildman–Crippen MR) is 54.3 cm³/mol. The number of para-hydroxylation sites is 1. The first-order valence-corrected chi connectivity index (χ1v) is 5.09. The molecule has 3 atom stereocenters. The molecule has 0 amide bonds. The molecule has 3 unspecified atom stereocenters. The van der Waals surface area contributed by atoms with Crippen LogP contribution in [0.25, 0.3) is 0 Å². The fraction of sp³-hybridized carbons (Fsp3) is 0.455. The standard InChI is InChI=1S/C11H13NO3/c13-6-7-5-11(14)8-3-1-2-4-9(8)12-10(11)15-7/h1-4,7,10,12-14H,5-6H2. The second-order valence-electron chi connectivity index (χ2n) is 4.14. The van der Waals surface area contributed by atoms with Crippen molar-refractivity contribution in [3.63, 3.8) is 0 Å². The van der Waals surface area contributed by atoms with Gasteiger partial charge in [-0.2, -0.15) is 0 Å². The molecule has 15 heavy (non-hydrogen) atoms. The molecule has 3 N–H and O–H groups in total. The smallest absolute Gasteiger partial charge is 0.161 e. The van der Waals surface area contributed by atoms with Crippen LogP contribution in [-0.4, -0.2) is 29.2 Å². The number of hydrogen-bond acceptors (Lipinski definition) is 4. The van der Waals surface area contributed by atoms with Crippen molar-refractivity contribution in [1.29, 1.82) is 0 Å². The molecule has 0 spiro atoms. The summed E-state index contributed by atoms with van der Waals surface area (Å²) in [5, 5.41) is 22.6. The van der Waals surface area contributed by atoms with Crippen molar-refractivity contribution in [1.82, 2.24) is 0 Å². The maximum absolute atomic E-state index is 10.5. The lowest BCUT2D eigenvalue weighted by Crippen LogP contribution is -2.33. The highest BCUT2D eigenvalue weighted by molar-refractivity contribution is 5.60. The second-order valence-corrected chi connectivity index (χ2v) is 4.14. The van der Waals surface area contributed by atoms with E-state index in [0.717, 1.165) is 11.3 Å². The second kappa shape index (κ2) is 2.95. The van der Waals surface area contributed by atoms with E-state index in [-0.39, 0.29) is 12.7 Å². The Balaban J connectivity index is 2.02. The molecule has 1 aromatic carbocycles. The van der Waals surface area contributed by atoms with E-state index in [0.29, 0.717) is 6.42 Å². The zero-order valence-electron chi connectivity index (χ0n) is 8.18. The van der Waals surface area contributed by atoms with Crippen LogP contribution < -0.4 is 5.32 Å². The third-order valence-corrected chi connectivity index (χ3v) is 3.18. The molecule has 4 nitrogen and oxygen atoms in total. The number of anilines is 1. The Morgan fingerprint density at radius 2 is 2.27 bits per heavy atom. The van der Waals surface area contributed by atoms with Gasteiger partial charge in [-0.25, -0.2) is 0 Å². The molecule has 2 heterocycles. The van der Waals surface area contributed by atoms with E-state index in [4.69, 9.17) is 9.84 Å². The lowest BCUT2D eigenvalue weighted by molar-refractivity contribution is -0.0333. The predicted octanol–water partition coefficient (Wildman–Crippen LogP) is 0.407. The zero-order valence-corrected chi connectivity index (χ0v) is 8.18. The van der Waals surface area contributed by atoms with Crippen molar-refractivity contribution in [2.24, 2.45) is 0 Å². The monoisotopic (exact) mass is 207 g/mol. The highest BCUT2D eigenvalue weighted by atomic mass is 16.5. The van der Waals surface area contributed by atoms with Gasteiger partial charge in [-0.1, -0.05) is 18.2 Å². The summed E-state index contributed by atoms with van der Waals surface area (Å²) in [4.78, 5) is 0. The molecule has 0 aromatic heterocycles. The van der Waals surface area contributed by atoms with Gasteiger partial charge in [0.25, 0.3) is 0 Å². The van der Waals surface area contributed by atoms with Crippen LogP contribution in [-0.2, 0) is 10.3 Å². The van der Waals surface area contributed by atoms with Crippen molar-refractivity contribution < 1.29 is 14.9 Å². The number of aliphatic hydroxyl groups excluding tert-OH is 1. The Labute approximate surface area is 87.5 Å². The maximum Gasteiger partial charge on any atom is 0.161 e. The van der Waals surface area contributed by atoms with E-state index in [2.05, 4.69) is 5.32 Å². The summed E-state index contributed by atoms with van der Waals surface area (Å²) in [7, 11) is 0. The molecule has 4 heteroatoms. The molecular formula is C11H13NO3. The van der Waals surface area contributed by atoms with Gasteiger partial charge in [0.1, 0.15) is 5.60 Å². The molecule has 2 aliphatic heterocycles. The van der Waals surface area contributed by atoms with Crippen LogP contribution in [0.15, 0.2) is 24.3 Å². The van der Waals surface area contributed by atoms with Gasteiger partial charge in [-0.3, -0.25) is 0 Å². The zero-order chi connectivity index (χ0) is 10.5. The van der Waals surface area contributed by atoms with Crippen LogP contribution in [0.3, 0.4) is 0 Å². The Kier molecular flexibility index (Phi) is 1.80. The van der Waals surface area contributed by atoms with Gasteiger partial charge < -0.3 is 20.3 Å². The van der Waals surface area contributed by atoms with E-state index in [1.807, 2.05) is 24.3 Å². The molecule has 0 aliphatic carbocycles. The minimum absolute atomic E-state index is 0.0529. The molecule has 2 aliphatic rings. The summed E-state index contributed by atoms with van der Waals surface area (Å²) in [6.45, 7) is -0.0529. The first kappa shape index (κ1) is 9.15. The third kappa shape index (κ3) is 1.13. The first-order valence-electron chi connectivity index (χ1n) is 5.09. The van der Waals surface area contributed by atoms with Gasteiger partial charge in [0, 0.05) is 17.7 Å². The van der Waals surface area contributed by atoms with Crippen molar-refractivity contribution in [2.45, 2.75) is 24.4 Å². The van der Waals surface area contributed by atoms with Gasteiger partial charge in [0.15, 0.2) is 6.23 Å². The lowest BCUT2D eigenvalue weighted by atomic mass is 9.91. The highest BCUT2D eigenvalue weighted by Gasteiger charge is 2.53. The molecule has 0 saturated carbocycles. The van der Waals surface area contributed by atoms with E-state index < -0.39 is 11.8 Å². The number of ether oxygens (including phenoxy) is 1. The van der Waals surface area contributed by atoms with Crippen molar-refractivity contribution >= 4 is 5.69 Å². The van der Waals surface area contributed by atoms with Crippen LogP contribution in [0, 0.1) is 0 Å². The normalized spacial score (nSPS) is 37.2. The Morgan fingerprint density at radius 3 is 3.07 bits per heavy atom. The van der Waals surface area contributed by atoms with Crippen LogP contribution >= 0.6 is 0 Å². The number of rotatable bonds is 1. The van der Waals surface area contributed by atoms with Crippen LogP contribution in [0.1, 0.15) is 12.0 Å². The topological polar surface area (TPSA) is 61.7 Å². The van der Waals surface area contributed by atoms with E-state index in [1.165, 1.54) is 0 Å². The Bertz CT molecular complexity index is 395. The summed E-state index contributed by atoms with van der Waals surface area (Å²) < 4.78 is 5.51. The van der Waals surface area contributed by atoms with Crippen LogP contribution in [0.5, 0.6) is 0 Å². The largest absolute Gasteiger partial charge is 0.394 e. The average Bonchev–Trinajstić information content (AvgIpc) is 2.69. The number of hydrogen-bond donors (Lipinski definition) is 3. The molecule has 1 aromatic rings. The third-order valence-electron chi connectivity index (χ3n) is 3.18. The van der Waals surface area contributed by atoms with Gasteiger partial charge in [-0.05, 0) is 6.07 Å². The fourth-order valence-electron chi connectivity index (χ4n) is 2.45. The lowest BCUT2D eigenvalue weighted by Gasteiger charge is -2.20. The van der Waals surface area contributed by atoms with Gasteiger partial charge in [-0.15, -0.1) is 0 Å². The molecule has 80 valence electrons. The molecule has 1 fully saturated rings. The molecule has 0 radical (unpaired) electrons. The summed E-state index contributed by atoms with van der Waals surface area (Å²) >= 11 is 0. The number of fused-ring (bicyclic) bond motifs is 3. The van der Waals surface area contributed by atoms with Gasteiger partial charge in [0.05, 0.1) is 12.7 Å². The highest BCUT2D eigenvalue weighted by Crippen LogP contribution is 2.47. The van der Waals surface area contributed by atoms with Crippen LogP contribution in [0.4, 0.5) is 5.69 Å². The first-order chi connectivity index (χ1) is 7.24. The summed E-state index contributed by atoms with van der Waals surface area (Å²) in [6, 6.07) is 7.63. The maximum atomic E-state index is 10.5. The van der Waals surface area contributed by atoms with Crippen LogP contribution in [0.2, 0.25) is 0 Å². The van der Waals surface area contributed by atoms with E-state index >= 15 is 0 Å². The quantitative estimate of drug-likeness (QED) is 0.624. The fourth-order valence-corrected chi connectivity index (χ4v) is 2.45. The minimum atomic E-state index is -0.982. The average molecular weight is 207 g/mol. The van der Waals surface area contributed by atoms with Crippen molar-refractivity contribution in [3.05, 3.63) is 29.8 Å². The van der Waals surface area contributed by atoms with Gasteiger partial charge >= 0.3 is 0 Å². The minimum Gasteiger partial charge on any atom is -0.394 e.